The number of rotatable bonds is 5. The number of carbonyl (C=O) groups excluding carboxylic acids is 1. The first-order valence-corrected chi connectivity index (χ1v) is 9.04. The van der Waals surface area contributed by atoms with Gasteiger partial charge >= 0.3 is 0 Å². The third-order valence-corrected chi connectivity index (χ3v) is 4.79. The highest BCUT2D eigenvalue weighted by Crippen LogP contribution is 2.35. The quantitative estimate of drug-likeness (QED) is 0.677. The van der Waals surface area contributed by atoms with E-state index in [-0.39, 0.29) is 5.91 Å². The number of benzene rings is 1. The first-order chi connectivity index (χ1) is 13.6. The minimum atomic E-state index is -0.0641. The molecule has 3 heterocycles. The number of nitrogens with zero attached hydrogens (tertiary/aromatic N) is 5. The zero-order valence-electron chi connectivity index (χ0n) is 16.0. The monoisotopic (exact) mass is 379 g/mol. The summed E-state index contributed by atoms with van der Waals surface area (Å²) < 4.78 is 12.9. The predicted octanol–water partition coefficient (Wildman–Crippen LogP) is 2.50. The van der Waals surface area contributed by atoms with Gasteiger partial charge in [0.2, 0.25) is 0 Å². The summed E-state index contributed by atoms with van der Waals surface area (Å²) in [6, 6.07) is 10.9. The van der Waals surface area contributed by atoms with Crippen LogP contribution in [0.5, 0.6) is 11.5 Å². The van der Waals surface area contributed by atoms with Crippen molar-refractivity contribution in [1.29, 1.82) is 0 Å². The van der Waals surface area contributed by atoms with Crippen molar-refractivity contribution in [1.82, 2.24) is 24.6 Å². The van der Waals surface area contributed by atoms with Gasteiger partial charge in [0, 0.05) is 13.1 Å². The lowest BCUT2D eigenvalue weighted by Gasteiger charge is -2.30. The number of pyridine rings is 1. The lowest BCUT2D eigenvalue weighted by molar-refractivity contribution is 0.0646. The second-order valence-corrected chi connectivity index (χ2v) is 6.47. The Hall–Kier alpha value is -3.42. The Kier molecular flexibility index (Phi) is 4.68. The Morgan fingerprint density at radius 2 is 1.68 bits per heavy atom. The molecular weight excluding hydrogens is 358 g/mol. The Bertz CT molecular complexity index is 1000. The summed E-state index contributed by atoms with van der Waals surface area (Å²) in [5.74, 6) is 2.34. The normalized spacial score (nSPS) is 13.2. The van der Waals surface area contributed by atoms with Gasteiger partial charge in [0.15, 0.2) is 5.82 Å². The standard InChI is InChI=1S/C20H21N5O3/c1-13-22-23-19(25(13)18-16(27-2)9-5-10-17(18)28-3)14-7-4-8-15(21-14)20(26)24-11-6-12-24/h4-5,7-10H,6,11-12H2,1-3H3. The molecule has 8 nitrogen and oxygen atoms in total. The molecule has 1 aromatic carbocycles. The fourth-order valence-electron chi connectivity index (χ4n) is 3.21. The number of amides is 1. The molecular formula is C20H21N5O3. The summed E-state index contributed by atoms with van der Waals surface area (Å²) in [5, 5.41) is 8.53. The molecule has 8 heteroatoms. The maximum Gasteiger partial charge on any atom is 0.272 e. The number of hydrogen-bond acceptors (Lipinski definition) is 6. The van der Waals surface area contributed by atoms with Crippen molar-refractivity contribution in [2.75, 3.05) is 27.3 Å². The van der Waals surface area contributed by atoms with E-state index >= 15 is 0 Å². The van der Waals surface area contributed by atoms with Crippen molar-refractivity contribution in [3.63, 3.8) is 0 Å². The summed E-state index contributed by atoms with van der Waals surface area (Å²) in [6.45, 7) is 3.40. The Labute approximate surface area is 162 Å². The number of aryl methyl sites for hydroxylation is 1. The molecule has 0 N–H and O–H groups in total. The third-order valence-electron chi connectivity index (χ3n) is 4.79. The zero-order chi connectivity index (χ0) is 19.7. The smallest absolute Gasteiger partial charge is 0.272 e. The Morgan fingerprint density at radius 1 is 1.00 bits per heavy atom. The van der Waals surface area contributed by atoms with E-state index in [9.17, 15) is 4.79 Å². The second kappa shape index (κ2) is 7.30. The van der Waals surface area contributed by atoms with Crippen molar-refractivity contribution in [2.45, 2.75) is 13.3 Å². The van der Waals surface area contributed by atoms with E-state index in [1.165, 1.54) is 0 Å². The first-order valence-electron chi connectivity index (χ1n) is 9.04. The SMILES string of the molecule is COc1cccc(OC)c1-n1c(C)nnc1-c1cccc(C(=O)N2CCC2)n1. The topological polar surface area (TPSA) is 82.4 Å². The number of methoxy groups -OCH3 is 2. The molecule has 0 aliphatic carbocycles. The molecule has 1 saturated heterocycles. The number of carbonyl (C=O) groups is 1. The minimum Gasteiger partial charge on any atom is -0.494 e. The average Bonchev–Trinajstić information content (AvgIpc) is 3.07. The van der Waals surface area contributed by atoms with Crippen molar-refractivity contribution in [2.24, 2.45) is 0 Å². The molecule has 28 heavy (non-hydrogen) atoms. The summed E-state index contributed by atoms with van der Waals surface area (Å²) in [4.78, 5) is 18.9. The summed E-state index contributed by atoms with van der Waals surface area (Å²) >= 11 is 0. The minimum absolute atomic E-state index is 0.0641. The summed E-state index contributed by atoms with van der Waals surface area (Å²) in [5.41, 5.74) is 1.64. The number of hydrogen-bond donors (Lipinski definition) is 0. The summed E-state index contributed by atoms with van der Waals surface area (Å²) in [6.07, 6.45) is 1.03. The average molecular weight is 379 g/mol. The molecule has 2 aromatic heterocycles. The molecule has 1 aliphatic heterocycles. The van der Waals surface area contributed by atoms with E-state index in [1.807, 2.05) is 41.8 Å². The molecule has 0 unspecified atom stereocenters. The van der Waals surface area contributed by atoms with Crippen LogP contribution in [0.4, 0.5) is 0 Å². The van der Waals surface area contributed by atoms with E-state index in [0.717, 1.165) is 19.5 Å². The van der Waals surface area contributed by atoms with Crippen molar-refractivity contribution in [3.05, 3.63) is 47.9 Å². The molecule has 144 valence electrons. The van der Waals surface area contributed by atoms with Crippen LogP contribution in [0.1, 0.15) is 22.7 Å². The summed E-state index contributed by atoms with van der Waals surface area (Å²) in [7, 11) is 3.20. The maximum atomic E-state index is 12.6. The maximum absolute atomic E-state index is 12.6. The van der Waals surface area contributed by atoms with Gasteiger partial charge in [0.1, 0.15) is 34.4 Å². The highest BCUT2D eigenvalue weighted by molar-refractivity contribution is 5.93. The van der Waals surface area contributed by atoms with E-state index in [4.69, 9.17) is 9.47 Å². The van der Waals surface area contributed by atoms with Crippen LogP contribution < -0.4 is 9.47 Å². The van der Waals surface area contributed by atoms with Crippen LogP contribution in [0.15, 0.2) is 36.4 Å². The van der Waals surface area contributed by atoms with Crippen molar-refractivity contribution in [3.8, 4) is 28.7 Å². The fourth-order valence-corrected chi connectivity index (χ4v) is 3.21. The third kappa shape index (κ3) is 2.96. The largest absolute Gasteiger partial charge is 0.494 e. The predicted molar refractivity (Wildman–Crippen MR) is 103 cm³/mol. The van der Waals surface area contributed by atoms with Gasteiger partial charge in [-0.3, -0.25) is 9.36 Å². The van der Waals surface area contributed by atoms with Gasteiger partial charge in [-0.15, -0.1) is 10.2 Å². The number of likely N-dealkylation sites (tertiary alicyclic amines) is 1. The first kappa shape index (κ1) is 18.0. The van der Waals surface area contributed by atoms with Gasteiger partial charge in [-0.25, -0.2) is 4.98 Å². The van der Waals surface area contributed by atoms with Gasteiger partial charge in [-0.05, 0) is 37.6 Å². The molecule has 1 amide bonds. The highest BCUT2D eigenvalue weighted by Gasteiger charge is 2.25. The van der Waals surface area contributed by atoms with E-state index in [0.29, 0.717) is 40.2 Å². The molecule has 0 saturated carbocycles. The van der Waals surface area contributed by atoms with Gasteiger partial charge in [0.05, 0.1) is 14.2 Å². The van der Waals surface area contributed by atoms with Gasteiger partial charge < -0.3 is 14.4 Å². The van der Waals surface area contributed by atoms with Crippen molar-refractivity contribution < 1.29 is 14.3 Å². The highest BCUT2D eigenvalue weighted by atomic mass is 16.5. The Morgan fingerprint density at radius 3 is 2.29 bits per heavy atom. The van der Waals surface area contributed by atoms with Crippen LogP contribution in [0.3, 0.4) is 0 Å². The number of para-hydroxylation sites is 1. The zero-order valence-corrected chi connectivity index (χ0v) is 16.0. The molecule has 3 aromatic rings. The van der Waals surface area contributed by atoms with E-state index in [2.05, 4.69) is 15.2 Å². The van der Waals surface area contributed by atoms with Crippen LogP contribution in [-0.4, -0.2) is 57.9 Å². The lowest BCUT2D eigenvalue weighted by Crippen LogP contribution is -2.42. The Balaban J connectivity index is 1.84. The van der Waals surface area contributed by atoms with Crippen LogP contribution in [-0.2, 0) is 0 Å². The number of aromatic nitrogens is 4. The lowest BCUT2D eigenvalue weighted by atomic mass is 10.2. The molecule has 1 aliphatic rings. The van der Waals surface area contributed by atoms with Crippen LogP contribution in [0.25, 0.3) is 17.2 Å². The van der Waals surface area contributed by atoms with Crippen molar-refractivity contribution >= 4 is 5.91 Å². The number of ether oxygens (including phenoxy) is 2. The molecule has 0 radical (unpaired) electrons. The molecule has 0 spiro atoms. The fraction of sp³-hybridized carbons (Fsp3) is 0.300. The van der Waals surface area contributed by atoms with Crippen LogP contribution >= 0.6 is 0 Å². The van der Waals surface area contributed by atoms with Crippen LogP contribution in [0, 0.1) is 6.92 Å². The second-order valence-electron chi connectivity index (χ2n) is 6.47. The van der Waals surface area contributed by atoms with Crippen LogP contribution in [0.2, 0.25) is 0 Å². The molecule has 0 atom stereocenters. The molecule has 1 fully saturated rings. The van der Waals surface area contributed by atoms with Gasteiger partial charge in [-0.2, -0.15) is 0 Å². The molecule has 0 bridgehead atoms. The van der Waals surface area contributed by atoms with E-state index < -0.39 is 0 Å². The van der Waals surface area contributed by atoms with Gasteiger partial charge in [-0.1, -0.05) is 12.1 Å². The van der Waals surface area contributed by atoms with E-state index in [1.54, 1.807) is 25.2 Å². The van der Waals surface area contributed by atoms with Gasteiger partial charge in [0.25, 0.3) is 5.91 Å². The molecule has 4 rings (SSSR count).